The van der Waals surface area contributed by atoms with Gasteiger partial charge in [0.15, 0.2) is 0 Å². The van der Waals surface area contributed by atoms with Crippen molar-refractivity contribution in [3.63, 3.8) is 0 Å². The molecule has 1 aliphatic carbocycles. The van der Waals surface area contributed by atoms with Crippen molar-refractivity contribution in [1.29, 1.82) is 0 Å². The molecule has 1 aliphatic heterocycles. The van der Waals surface area contributed by atoms with E-state index in [1.54, 1.807) is 0 Å². The van der Waals surface area contributed by atoms with Gasteiger partial charge in [-0.1, -0.05) is 33.8 Å². The number of hydrogen-bond acceptors (Lipinski definition) is 3. The molecule has 5 nitrogen and oxygen atoms in total. The van der Waals surface area contributed by atoms with Crippen molar-refractivity contribution < 1.29 is 19.5 Å². The number of allylic oxidation sites excluding steroid dienone is 1. The van der Waals surface area contributed by atoms with Crippen molar-refractivity contribution in [2.45, 2.75) is 40.7 Å². The zero-order chi connectivity index (χ0) is 16.1. The number of amides is 2. The van der Waals surface area contributed by atoms with E-state index in [0.717, 1.165) is 5.57 Å². The average molecular weight is 293 g/mol. The molecule has 0 aromatic rings. The summed E-state index contributed by atoms with van der Waals surface area (Å²) in [4.78, 5) is 37.5. The fourth-order valence-corrected chi connectivity index (χ4v) is 3.77. The SMILES string of the molecule is CC(=O)N1C(=O)[C@H]2C(C(=O)O)[C@@H]1C(C(C)C)=C[C@H]2C(C)C. The molecular formula is C16H23NO4. The smallest absolute Gasteiger partial charge is 0.309 e. The largest absolute Gasteiger partial charge is 0.481 e. The van der Waals surface area contributed by atoms with Crippen molar-refractivity contribution in [1.82, 2.24) is 4.90 Å². The zero-order valence-corrected chi connectivity index (χ0v) is 13.2. The average Bonchev–Trinajstić information content (AvgIpc) is 2.57. The summed E-state index contributed by atoms with van der Waals surface area (Å²) in [6.07, 6.45) is 2.05. The molecule has 1 N–H and O–H groups in total. The van der Waals surface area contributed by atoms with Crippen LogP contribution in [-0.4, -0.2) is 33.8 Å². The Morgan fingerprint density at radius 1 is 1.24 bits per heavy atom. The summed E-state index contributed by atoms with van der Waals surface area (Å²) in [5.74, 6) is -3.00. The van der Waals surface area contributed by atoms with Gasteiger partial charge in [-0.2, -0.15) is 0 Å². The summed E-state index contributed by atoms with van der Waals surface area (Å²) in [6, 6.07) is -0.618. The lowest BCUT2D eigenvalue weighted by molar-refractivity contribution is -0.146. The molecule has 0 spiro atoms. The van der Waals surface area contributed by atoms with Crippen molar-refractivity contribution in [3.8, 4) is 0 Å². The van der Waals surface area contributed by atoms with Crippen LogP contribution in [0.25, 0.3) is 0 Å². The van der Waals surface area contributed by atoms with E-state index in [-0.39, 0.29) is 29.6 Å². The molecule has 116 valence electrons. The predicted molar refractivity (Wildman–Crippen MR) is 77.2 cm³/mol. The number of carboxylic acid groups (broad SMARTS) is 1. The molecule has 1 fully saturated rings. The normalized spacial score (nSPS) is 31.9. The van der Waals surface area contributed by atoms with Crippen molar-refractivity contribution >= 4 is 17.8 Å². The summed E-state index contributed by atoms with van der Waals surface area (Å²) in [5.41, 5.74) is 0.901. The third-order valence-corrected chi connectivity index (χ3v) is 4.73. The van der Waals surface area contributed by atoms with Crippen LogP contribution in [0.3, 0.4) is 0 Å². The summed E-state index contributed by atoms with van der Waals surface area (Å²) >= 11 is 0. The first-order valence-electron chi connectivity index (χ1n) is 7.46. The van der Waals surface area contributed by atoms with Gasteiger partial charge in [-0.15, -0.1) is 0 Å². The number of likely N-dealkylation sites (tertiary alicyclic amines) is 1. The van der Waals surface area contributed by atoms with Gasteiger partial charge in [-0.25, -0.2) is 0 Å². The molecule has 1 heterocycles. The number of imide groups is 1. The topological polar surface area (TPSA) is 74.7 Å². The molecular weight excluding hydrogens is 270 g/mol. The highest BCUT2D eigenvalue weighted by molar-refractivity contribution is 6.02. The summed E-state index contributed by atoms with van der Waals surface area (Å²) in [5, 5.41) is 9.62. The number of rotatable bonds is 3. The Morgan fingerprint density at radius 3 is 2.19 bits per heavy atom. The van der Waals surface area contributed by atoms with E-state index in [0.29, 0.717) is 0 Å². The number of carbonyl (C=O) groups excluding carboxylic acids is 2. The maximum absolute atomic E-state index is 12.6. The first kappa shape index (κ1) is 15.7. The fraction of sp³-hybridized carbons (Fsp3) is 0.688. The van der Waals surface area contributed by atoms with E-state index in [4.69, 9.17) is 0 Å². The van der Waals surface area contributed by atoms with Crippen LogP contribution in [0.1, 0.15) is 34.6 Å². The van der Waals surface area contributed by atoms with Gasteiger partial charge in [0, 0.05) is 6.92 Å². The molecule has 0 saturated carbocycles. The molecule has 2 aliphatic rings. The Hall–Kier alpha value is -1.65. The third-order valence-electron chi connectivity index (χ3n) is 4.73. The molecule has 2 bridgehead atoms. The van der Waals surface area contributed by atoms with Crippen molar-refractivity contribution in [2.24, 2.45) is 29.6 Å². The quantitative estimate of drug-likeness (QED) is 0.807. The number of aliphatic carboxylic acids is 1. The van der Waals surface area contributed by atoms with E-state index in [1.165, 1.54) is 11.8 Å². The van der Waals surface area contributed by atoms with Crippen molar-refractivity contribution in [2.75, 3.05) is 0 Å². The van der Waals surface area contributed by atoms with E-state index in [2.05, 4.69) is 0 Å². The highest BCUT2D eigenvalue weighted by atomic mass is 16.4. The minimum atomic E-state index is -0.987. The molecule has 0 aromatic carbocycles. The van der Waals surface area contributed by atoms with E-state index < -0.39 is 23.8 Å². The second-order valence-electron chi connectivity index (χ2n) is 6.70. The lowest BCUT2D eigenvalue weighted by Gasteiger charge is -2.35. The second kappa shape index (κ2) is 5.28. The van der Waals surface area contributed by atoms with Gasteiger partial charge in [0.25, 0.3) is 0 Å². The Balaban J connectivity index is 2.63. The molecule has 1 saturated heterocycles. The van der Waals surface area contributed by atoms with Crippen LogP contribution in [0, 0.1) is 29.6 Å². The highest BCUT2D eigenvalue weighted by Crippen LogP contribution is 2.48. The summed E-state index contributed by atoms with van der Waals surface area (Å²) in [6.45, 7) is 9.26. The predicted octanol–water partition coefficient (Wildman–Crippen LogP) is 1.93. The zero-order valence-electron chi connectivity index (χ0n) is 13.2. The van der Waals surface area contributed by atoms with Gasteiger partial charge >= 0.3 is 5.97 Å². The van der Waals surface area contributed by atoms with Crippen molar-refractivity contribution in [3.05, 3.63) is 11.6 Å². The Bertz CT molecular complexity index is 520. The third kappa shape index (κ3) is 2.28. The van der Waals surface area contributed by atoms with Crippen LogP contribution in [0.15, 0.2) is 11.6 Å². The van der Waals surface area contributed by atoms with Gasteiger partial charge in [-0.05, 0) is 23.3 Å². The van der Waals surface area contributed by atoms with E-state index in [1.807, 2.05) is 33.8 Å². The lowest BCUT2D eigenvalue weighted by atomic mass is 9.68. The van der Waals surface area contributed by atoms with Gasteiger partial charge in [0.2, 0.25) is 11.8 Å². The second-order valence-corrected chi connectivity index (χ2v) is 6.70. The first-order chi connectivity index (χ1) is 9.68. The first-order valence-corrected chi connectivity index (χ1v) is 7.46. The number of carbonyl (C=O) groups is 3. The number of hydrogen-bond donors (Lipinski definition) is 1. The highest BCUT2D eigenvalue weighted by Gasteiger charge is 2.59. The molecule has 1 unspecified atom stereocenters. The van der Waals surface area contributed by atoms with Gasteiger partial charge in [0.05, 0.1) is 17.9 Å². The molecule has 0 aromatic heterocycles. The maximum Gasteiger partial charge on any atom is 0.309 e. The number of carboxylic acids is 1. The Kier molecular flexibility index (Phi) is 3.95. The van der Waals surface area contributed by atoms with Crippen LogP contribution in [0.5, 0.6) is 0 Å². The molecule has 2 rings (SSSR count). The van der Waals surface area contributed by atoms with Gasteiger partial charge in [-0.3, -0.25) is 19.3 Å². The van der Waals surface area contributed by atoms with Crippen LogP contribution in [0.4, 0.5) is 0 Å². The minimum absolute atomic E-state index is 0.104. The standard InChI is InChI=1S/C16H23NO4/c1-7(2)10-6-11(8(3)4)14-13(16(20)21)12(10)15(19)17(14)9(5)18/h6-8,10,12-14H,1-5H3,(H,20,21)/t10-,12+,13?,14-/m0/s1. The van der Waals surface area contributed by atoms with Crippen LogP contribution >= 0.6 is 0 Å². The summed E-state index contributed by atoms with van der Waals surface area (Å²) < 4.78 is 0. The van der Waals surface area contributed by atoms with Crippen LogP contribution < -0.4 is 0 Å². The number of fused-ring (bicyclic) bond motifs is 2. The van der Waals surface area contributed by atoms with E-state index >= 15 is 0 Å². The Morgan fingerprint density at radius 2 is 1.81 bits per heavy atom. The monoisotopic (exact) mass is 293 g/mol. The van der Waals surface area contributed by atoms with E-state index in [9.17, 15) is 19.5 Å². The lowest BCUT2D eigenvalue weighted by Crippen LogP contribution is -2.44. The van der Waals surface area contributed by atoms with Crippen LogP contribution in [-0.2, 0) is 14.4 Å². The maximum atomic E-state index is 12.6. The molecule has 21 heavy (non-hydrogen) atoms. The van der Waals surface area contributed by atoms with Gasteiger partial charge in [0.1, 0.15) is 0 Å². The minimum Gasteiger partial charge on any atom is -0.481 e. The molecule has 4 atom stereocenters. The van der Waals surface area contributed by atoms with Crippen LogP contribution in [0.2, 0.25) is 0 Å². The number of nitrogens with zero attached hydrogens (tertiary/aromatic N) is 1. The molecule has 2 amide bonds. The van der Waals surface area contributed by atoms with Gasteiger partial charge < -0.3 is 5.11 Å². The Labute approximate surface area is 125 Å². The molecule has 0 radical (unpaired) electrons. The fourth-order valence-electron chi connectivity index (χ4n) is 3.77. The molecule has 5 heteroatoms. The summed E-state index contributed by atoms with van der Waals surface area (Å²) in [7, 11) is 0.